The Bertz CT molecular complexity index is 913. The highest BCUT2D eigenvalue weighted by molar-refractivity contribution is 6.35. The van der Waals surface area contributed by atoms with E-state index in [2.05, 4.69) is 17.5 Å². The number of allylic oxidation sites excluding steroid dienone is 2. The van der Waals surface area contributed by atoms with E-state index in [1.807, 2.05) is 12.1 Å². The van der Waals surface area contributed by atoms with Crippen LogP contribution < -0.4 is 5.32 Å². The van der Waals surface area contributed by atoms with Gasteiger partial charge < -0.3 is 5.32 Å². The van der Waals surface area contributed by atoms with E-state index in [1.54, 1.807) is 12.1 Å². The van der Waals surface area contributed by atoms with Gasteiger partial charge in [-0.25, -0.2) is 0 Å². The number of nitrogens with zero attached hydrogens (tertiary/aromatic N) is 1. The molecule has 0 saturated carbocycles. The Kier molecular flexibility index (Phi) is 4.14. The molecular weight excluding hydrogens is 383 g/mol. The van der Waals surface area contributed by atoms with Crippen LogP contribution in [0.1, 0.15) is 29.5 Å². The fourth-order valence-electron chi connectivity index (χ4n) is 3.81. The lowest BCUT2D eigenvalue weighted by Crippen LogP contribution is -2.29. The number of hydrogen-bond acceptors (Lipinski definition) is 3. The van der Waals surface area contributed by atoms with Crippen LogP contribution in [0.25, 0.3) is 0 Å². The van der Waals surface area contributed by atoms with Gasteiger partial charge in [-0.2, -0.15) is 0 Å². The molecule has 25 heavy (non-hydrogen) atoms. The molecule has 4 nitrogen and oxygen atoms in total. The van der Waals surface area contributed by atoms with Crippen molar-refractivity contribution in [1.29, 1.82) is 0 Å². The first-order valence-electron chi connectivity index (χ1n) is 7.81. The van der Waals surface area contributed by atoms with Crippen LogP contribution in [0.15, 0.2) is 42.5 Å². The molecule has 2 aromatic rings. The van der Waals surface area contributed by atoms with Crippen molar-refractivity contribution in [3.05, 3.63) is 78.8 Å². The minimum atomic E-state index is -0.415. The van der Waals surface area contributed by atoms with Crippen LogP contribution in [0.4, 0.5) is 11.4 Å². The summed E-state index contributed by atoms with van der Waals surface area (Å²) < 4.78 is 0. The van der Waals surface area contributed by atoms with Gasteiger partial charge in [-0.1, -0.05) is 53.0 Å². The monoisotopic (exact) mass is 394 g/mol. The van der Waals surface area contributed by atoms with Crippen molar-refractivity contribution < 1.29 is 4.92 Å². The normalized spacial score (nSPS) is 23.7. The predicted molar refractivity (Wildman–Crippen MR) is 101 cm³/mol. The molecule has 2 aliphatic rings. The van der Waals surface area contributed by atoms with Gasteiger partial charge in [0.1, 0.15) is 0 Å². The highest BCUT2D eigenvalue weighted by Gasteiger charge is 2.40. The summed E-state index contributed by atoms with van der Waals surface area (Å²) in [6.45, 7) is 0. The number of rotatable bonds is 2. The van der Waals surface area contributed by atoms with Crippen molar-refractivity contribution >= 4 is 46.2 Å². The number of non-ortho nitro benzene ring substituents is 1. The molecule has 4 rings (SSSR count). The summed E-state index contributed by atoms with van der Waals surface area (Å²) in [5, 5.41) is 16.2. The molecule has 1 N–H and O–H groups in total. The molecule has 0 unspecified atom stereocenters. The maximum Gasteiger partial charge on any atom is 0.271 e. The van der Waals surface area contributed by atoms with E-state index in [9.17, 15) is 10.1 Å². The van der Waals surface area contributed by atoms with Gasteiger partial charge in [-0.05, 0) is 35.6 Å². The van der Waals surface area contributed by atoms with Crippen molar-refractivity contribution in [2.75, 3.05) is 5.32 Å². The van der Waals surface area contributed by atoms with Crippen LogP contribution in [0, 0.1) is 16.0 Å². The first-order valence-corrected chi connectivity index (χ1v) is 8.95. The largest absolute Gasteiger partial charge is 0.376 e. The number of benzene rings is 2. The highest BCUT2D eigenvalue weighted by atomic mass is 35.5. The molecular formula is C18H13Cl3N2O2. The van der Waals surface area contributed by atoms with E-state index in [4.69, 9.17) is 34.8 Å². The minimum absolute atomic E-state index is 0.00701. The molecule has 128 valence electrons. The molecule has 0 spiro atoms. The molecule has 0 fully saturated rings. The Morgan fingerprint density at radius 2 is 1.88 bits per heavy atom. The number of anilines is 1. The second kappa shape index (κ2) is 6.20. The lowest BCUT2D eigenvalue weighted by atomic mass is 9.77. The molecule has 3 atom stereocenters. The lowest BCUT2D eigenvalue weighted by Gasteiger charge is -2.38. The molecule has 1 aliphatic carbocycles. The average molecular weight is 396 g/mol. The number of hydrogen-bond donors (Lipinski definition) is 1. The van der Waals surface area contributed by atoms with E-state index in [0.717, 1.165) is 23.2 Å². The maximum atomic E-state index is 11.2. The third kappa shape index (κ3) is 2.78. The quantitative estimate of drug-likeness (QED) is 0.364. The Morgan fingerprint density at radius 1 is 1.08 bits per heavy atom. The molecule has 1 heterocycles. The van der Waals surface area contributed by atoms with Crippen LogP contribution in [-0.2, 0) is 0 Å². The minimum Gasteiger partial charge on any atom is -0.376 e. The standard InChI is InChI=1S/C18H13Cl3N2O2/c19-9-4-5-13(15(20)6-9)17-12-3-1-2-11(12)14-7-10(23(24)25)8-16(21)18(14)22-17/h1-2,4-8,11-12,17,22H,3H2/t11-,12-,17-/m1/s1. The predicted octanol–water partition coefficient (Wildman–Crippen LogP) is 6.38. The Morgan fingerprint density at radius 3 is 2.60 bits per heavy atom. The van der Waals surface area contributed by atoms with Gasteiger partial charge in [0.2, 0.25) is 0 Å². The lowest BCUT2D eigenvalue weighted by molar-refractivity contribution is -0.384. The summed E-state index contributed by atoms with van der Waals surface area (Å²) in [5.74, 6) is 0.273. The van der Waals surface area contributed by atoms with Crippen LogP contribution >= 0.6 is 34.8 Å². The van der Waals surface area contributed by atoms with Gasteiger partial charge in [-0.15, -0.1) is 0 Å². The van der Waals surface area contributed by atoms with Gasteiger partial charge in [0, 0.05) is 28.1 Å². The van der Waals surface area contributed by atoms with Crippen molar-refractivity contribution in [2.45, 2.75) is 18.4 Å². The number of fused-ring (bicyclic) bond motifs is 3. The van der Waals surface area contributed by atoms with E-state index >= 15 is 0 Å². The van der Waals surface area contributed by atoms with Crippen LogP contribution in [0.3, 0.4) is 0 Å². The van der Waals surface area contributed by atoms with Gasteiger partial charge >= 0.3 is 0 Å². The first-order chi connectivity index (χ1) is 12.0. The van der Waals surface area contributed by atoms with Crippen molar-refractivity contribution in [3.63, 3.8) is 0 Å². The number of halogens is 3. The maximum absolute atomic E-state index is 11.2. The van der Waals surface area contributed by atoms with Crippen molar-refractivity contribution in [3.8, 4) is 0 Å². The second-order valence-corrected chi connectivity index (χ2v) is 7.54. The topological polar surface area (TPSA) is 55.2 Å². The molecule has 0 bridgehead atoms. The van der Waals surface area contributed by atoms with Gasteiger partial charge in [0.05, 0.1) is 21.7 Å². The van der Waals surface area contributed by atoms with Crippen molar-refractivity contribution in [1.82, 2.24) is 0 Å². The summed E-state index contributed by atoms with van der Waals surface area (Å²) >= 11 is 18.8. The SMILES string of the molecule is O=[N+]([O-])c1cc(Cl)c2c(c1)[C@@H]1C=CC[C@H]1[C@H](c1ccc(Cl)cc1Cl)N2. The summed E-state index contributed by atoms with van der Waals surface area (Å²) in [7, 11) is 0. The van der Waals surface area contributed by atoms with Crippen LogP contribution in [0.2, 0.25) is 15.1 Å². The fourth-order valence-corrected chi connectivity index (χ4v) is 4.61. The van der Waals surface area contributed by atoms with E-state index in [1.165, 1.54) is 6.07 Å². The third-order valence-corrected chi connectivity index (χ3v) is 5.77. The molecule has 0 amide bonds. The molecule has 0 saturated heterocycles. The zero-order valence-electron chi connectivity index (χ0n) is 12.9. The fraction of sp³-hybridized carbons (Fsp3) is 0.222. The van der Waals surface area contributed by atoms with E-state index in [-0.39, 0.29) is 23.6 Å². The summed E-state index contributed by atoms with van der Waals surface area (Å²) in [4.78, 5) is 10.8. The Labute approximate surface area is 159 Å². The summed E-state index contributed by atoms with van der Waals surface area (Å²) in [6.07, 6.45) is 5.07. The molecule has 0 radical (unpaired) electrons. The smallest absolute Gasteiger partial charge is 0.271 e. The molecule has 2 aromatic carbocycles. The van der Waals surface area contributed by atoms with Gasteiger partial charge in [0.25, 0.3) is 5.69 Å². The molecule has 1 aliphatic heterocycles. The van der Waals surface area contributed by atoms with E-state index in [0.29, 0.717) is 15.1 Å². The van der Waals surface area contributed by atoms with Crippen molar-refractivity contribution in [2.24, 2.45) is 5.92 Å². The van der Waals surface area contributed by atoms with Gasteiger partial charge in [-0.3, -0.25) is 10.1 Å². The van der Waals surface area contributed by atoms with Gasteiger partial charge in [0.15, 0.2) is 0 Å². The Balaban J connectivity index is 1.84. The Hall–Kier alpha value is -1.75. The first kappa shape index (κ1) is 16.7. The molecule has 0 aromatic heterocycles. The highest BCUT2D eigenvalue weighted by Crippen LogP contribution is 2.53. The van der Waals surface area contributed by atoms with Crippen LogP contribution in [0.5, 0.6) is 0 Å². The zero-order chi connectivity index (χ0) is 17.7. The number of nitrogens with one attached hydrogen (secondary N) is 1. The third-order valence-electron chi connectivity index (χ3n) is 4.91. The summed E-state index contributed by atoms with van der Waals surface area (Å²) in [6, 6.07) is 8.41. The van der Waals surface area contributed by atoms with E-state index < -0.39 is 4.92 Å². The van der Waals surface area contributed by atoms with Crippen LogP contribution in [-0.4, -0.2) is 4.92 Å². The summed E-state index contributed by atoms with van der Waals surface area (Å²) in [5.41, 5.74) is 2.55. The second-order valence-electron chi connectivity index (χ2n) is 6.29. The number of nitro benzene ring substituents is 1. The molecule has 7 heteroatoms. The average Bonchev–Trinajstić information content (AvgIpc) is 3.04. The zero-order valence-corrected chi connectivity index (χ0v) is 15.1. The number of nitro groups is 1.